The molecular formula is C25H27N3O3. The Morgan fingerprint density at radius 2 is 2.13 bits per heavy atom. The molecule has 31 heavy (non-hydrogen) atoms. The van der Waals surface area contributed by atoms with E-state index in [-0.39, 0.29) is 11.7 Å². The topological polar surface area (TPSA) is 74.7 Å². The van der Waals surface area contributed by atoms with Crippen LogP contribution in [0.1, 0.15) is 40.7 Å². The first-order chi connectivity index (χ1) is 14.9. The molecule has 160 valence electrons. The Morgan fingerprint density at radius 1 is 1.29 bits per heavy atom. The lowest BCUT2D eigenvalue weighted by Gasteiger charge is -2.37. The van der Waals surface area contributed by atoms with E-state index in [1.54, 1.807) is 18.3 Å². The minimum absolute atomic E-state index is 0.124. The summed E-state index contributed by atoms with van der Waals surface area (Å²) in [5.74, 6) is 0.753. The molecule has 2 N–H and O–H groups in total. The molecule has 6 nitrogen and oxygen atoms in total. The summed E-state index contributed by atoms with van der Waals surface area (Å²) >= 11 is 0. The number of likely N-dealkylation sites (N-methyl/N-ethyl adjacent to an activating group) is 1. The van der Waals surface area contributed by atoms with Crippen LogP contribution in [0, 0.1) is 6.92 Å². The number of likely N-dealkylation sites (tertiary alicyclic amines) is 1. The van der Waals surface area contributed by atoms with Crippen molar-refractivity contribution in [2.24, 2.45) is 0 Å². The largest absolute Gasteiger partial charge is 0.508 e. The van der Waals surface area contributed by atoms with Crippen molar-refractivity contribution in [2.75, 3.05) is 20.2 Å². The second kappa shape index (κ2) is 7.54. The Morgan fingerprint density at radius 3 is 2.84 bits per heavy atom. The number of aryl methyl sites for hydroxylation is 1. The number of benzene rings is 2. The number of nitrogens with one attached hydrogen (secondary N) is 1. The van der Waals surface area contributed by atoms with Gasteiger partial charge in [0.1, 0.15) is 18.1 Å². The van der Waals surface area contributed by atoms with Crippen LogP contribution in [0.25, 0.3) is 10.9 Å². The first-order valence-electron chi connectivity index (χ1n) is 10.8. The van der Waals surface area contributed by atoms with Crippen molar-refractivity contribution in [3.05, 3.63) is 65.4 Å². The monoisotopic (exact) mass is 417 g/mol. The highest BCUT2D eigenvalue weighted by atomic mass is 16.5. The van der Waals surface area contributed by atoms with Crippen LogP contribution in [-0.4, -0.2) is 47.1 Å². The van der Waals surface area contributed by atoms with Gasteiger partial charge in [-0.1, -0.05) is 12.1 Å². The average Bonchev–Trinajstić information content (AvgIpc) is 3.53. The van der Waals surface area contributed by atoms with Crippen molar-refractivity contribution in [2.45, 2.75) is 37.8 Å². The number of rotatable bonds is 6. The number of hydrogen-bond acceptors (Lipinski definition) is 5. The Hall–Kier alpha value is -3.12. The molecule has 2 aromatic carbocycles. The zero-order valence-corrected chi connectivity index (χ0v) is 17.9. The summed E-state index contributed by atoms with van der Waals surface area (Å²) in [7, 11) is 2.10. The van der Waals surface area contributed by atoms with Gasteiger partial charge in [0.25, 0.3) is 5.91 Å². The van der Waals surface area contributed by atoms with Crippen LogP contribution >= 0.6 is 0 Å². The molecule has 1 saturated carbocycles. The molecule has 1 amide bonds. The van der Waals surface area contributed by atoms with E-state index in [0.717, 1.165) is 47.8 Å². The van der Waals surface area contributed by atoms with Crippen LogP contribution in [0.15, 0.2) is 48.7 Å². The highest BCUT2D eigenvalue weighted by molar-refractivity contribution is 5.97. The molecule has 1 aliphatic carbocycles. The summed E-state index contributed by atoms with van der Waals surface area (Å²) in [6, 6.07) is 13.4. The zero-order valence-electron chi connectivity index (χ0n) is 17.9. The molecule has 1 saturated heterocycles. The van der Waals surface area contributed by atoms with Gasteiger partial charge < -0.3 is 15.2 Å². The molecule has 1 unspecified atom stereocenters. The quantitative estimate of drug-likeness (QED) is 0.639. The third-order valence-corrected chi connectivity index (χ3v) is 6.66. The van der Waals surface area contributed by atoms with Gasteiger partial charge in [0, 0.05) is 29.3 Å². The maximum atomic E-state index is 13.3. The molecule has 0 bridgehead atoms. The van der Waals surface area contributed by atoms with Crippen LogP contribution in [0.3, 0.4) is 0 Å². The summed E-state index contributed by atoms with van der Waals surface area (Å²) in [4.78, 5) is 19.9. The standard InChI is InChI=1S/C25H27N3O3/c1-16-5-6-19(31-15-17-7-11-28(17)2)14-21(16)24(30)27-25(8-9-25)22-12-18(29)13-23-20(22)4-3-10-26-23/h3-6,10,12-14,17,29H,7-9,11,15H2,1-2H3,(H,27,30). The van der Waals surface area contributed by atoms with Gasteiger partial charge in [-0.05, 0) is 75.2 Å². The van der Waals surface area contributed by atoms with Gasteiger partial charge in [0.15, 0.2) is 0 Å². The minimum atomic E-state index is -0.477. The van der Waals surface area contributed by atoms with Crippen molar-refractivity contribution in [1.82, 2.24) is 15.2 Å². The fraction of sp³-hybridized carbons (Fsp3) is 0.360. The highest BCUT2D eigenvalue weighted by Gasteiger charge is 2.47. The maximum absolute atomic E-state index is 13.3. The van der Waals surface area contributed by atoms with Gasteiger partial charge in [-0.2, -0.15) is 0 Å². The fourth-order valence-electron chi connectivity index (χ4n) is 4.34. The molecule has 2 heterocycles. The number of aromatic nitrogens is 1. The zero-order chi connectivity index (χ0) is 21.6. The Bertz CT molecular complexity index is 1160. The number of nitrogens with zero attached hydrogens (tertiary/aromatic N) is 2. The van der Waals surface area contributed by atoms with E-state index in [4.69, 9.17) is 4.74 Å². The van der Waals surface area contributed by atoms with Gasteiger partial charge >= 0.3 is 0 Å². The SMILES string of the molecule is Cc1ccc(OCC2CCN2C)cc1C(=O)NC1(c2cc(O)cc3ncccc23)CC1. The molecule has 1 aromatic heterocycles. The number of carbonyl (C=O) groups is 1. The fourth-order valence-corrected chi connectivity index (χ4v) is 4.34. The minimum Gasteiger partial charge on any atom is -0.508 e. The van der Waals surface area contributed by atoms with E-state index < -0.39 is 5.54 Å². The van der Waals surface area contributed by atoms with Crippen molar-refractivity contribution < 1.29 is 14.6 Å². The summed E-state index contributed by atoms with van der Waals surface area (Å²) < 4.78 is 5.97. The van der Waals surface area contributed by atoms with Crippen molar-refractivity contribution in [3.8, 4) is 11.5 Å². The van der Waals surface area contributed by atoms with Gasteiger partial charge in [0.05, 0.1) is 11.1 Å². The van der Waals surface area contributed by atoms with Crippen molar-refractivity contribution in [3.63, 3.8) is 0 Å². The summed E-state index contributed by atoms with van der Waals surface area (Å²) in [6.07, 6.45) is 4.51. The van der Waals surface area contributed by atoms with E-state index in [9.17, 15) is 9.90 Å². The molecule has 3 aromatic rings. The molecule has 2 aliphatic rings. The summed E-state index contributed by atoms with van der Waals surface area (Å²) in [5, 5.41) is 14.4. The normalized spacial score (nSPS) is 19.6. The van der Waals surface area contributed by atoms with E-state index in [1.807, 2.05) is 37.3 Å². The van der Waals surface area contributed by atoms with Crippen LogP contribution < -0.4 is 10.1 Å². The third kappa shape index (κ3) is 3.72. The molecule has 6 heteroatoms. The van der Waals surface area contributed by atoms with E-state index >= 15 is 0 Å². The predicted molar refractivity (Wildman–Crippen MR) is 119 cm³/mol. The Balaban J connectivity index is 1.38. The van der Waals surface area contributed by atoms with Crippen LogP contribution in [-0.2, 0) is 5.54 Å². The third-order valence-electron chi connectivity index (χ3n) is 6.66. The molecule has 2 fully saturated rings. The van der Waals surface area contributed by atoms with Crippen LogP contribution in [0.4, 0.5) is 0 Å². The number of fused-ring (bicyclic) bond motifs is 1. The van der Waals surface area contributed by atoms with Gasteiger partial charge in [-0.25, -0.2) is 0 Å². The number of ether oxygens (including phenoxy) is 1. The lowest BCUT2D eigenvalue weighted by molar-refractivity contribution is 0.0767. The molecule has 0 radical (unpaired) electrons. The van der Waals surface area contributed by atoms with Gasteiger partial charge in [0.2, 0.25) is 0 Å². The number of pyridine rings is 1. The van der Waals surface area contributed by atoms with E-state index in [2.05, 4.69) is 22.2 Å². The number of phenols is 1. The van der Waals surface area contributed by atoms with Crippen molar-refractivity contribution >= 4 is 16.8 Å². The second-order valence-corrected chi connectivity index (χ2v) is 8.81. The molecule has 5 rings (SSSR count). The van der Waals surface area contributed by atoms with Gasteiger partial charge in [-0.3, -0.25) is 14.7 Å². The predicted octanol–water partition coefficient (Wildman–Crippen LogP) is 3.75. The first-order valence-corrected chi connectivity index (χ1v) is 10.8. The smallest absolute Gasteiger partial charge is 0.252 e. The number of phenolic OH excluding ortho intramolecular Hbond substituents is 1. The van der Waals surface area contributed by atoms with E-state index in [1.165, 1.54) is 0 Å². The highest BCUT2D eigenvalue weighted by Crippen LogP contribution is 2.49. The van der Waals surface area contributed by atoms with Gasteiger partial charge in [-0.15, -0.1) is 0 Å². The van der Waals surface area contributed by atoms with Crippen LogP contribution in [0.2, 0.25) is 0 Å². The first kappa shape index (κ1) is 19.8. The number of aromatic hydroxyl groups is 1. The number of amides is 1. The number of hydrogen-bond donors (Lipinski definition) is 2. The average molecular weight is 418 g/mol. The second-order valence-electron chi connectivity index (χ2n) is 8.81. The number of carbonyl (C=O) groups excluding carboxylic acids is 1. The summed E-state index contributed by atoms with van der Waals surface area (Å²) in [6.45, 7) is 3.68. The lowest BCUT2D eigenvalue weighted by atomic mass is 9.97. The van der Waals surface area contributed by atoms with E-state index in [0.29, 0.717) is 24.0 Å². The summed E-state index contributed by atoms with van der Waals surface area (Å²) in [5.41, 5.74) is 2.69. The maximum Gasteiger partial charge on any atom is 0.252 e. The van der Waals surface area contributed by atoms with Crippen LogP contribution in [0.5, 0.6) is 11.5 Å². The molecule has 1 aliphatic heterocycles. The molecule has 0 spiro atoms. The Labute approximate surface area is 181 Å². The molecular weight excluding hydrogens is 390 g/mol. The molecule has 1 atom stereocenters. The van der Waals surface area contributed by atoms with Crippen molar-refractivity contribution in [1.29, 1.82) is 0 Å². The Kier molecular flexibility index (Phi) is 4.82. The lowest BCUT2D eigenvalue weighted by Crippen LogP contribution is -2.48.